The Balaban J connectivity index is 1.67. The monoisotopic (exact) mass is 375 g/mol. The molecule has 2 aliphatic rings. The maximum atomic E-state index is 13.8. The van der Waals surface area contributed by atoms with E-state index in [1.165, 1.54) is 6.07 Å². The van der Waals surface area contributed by atoms with E-state index < -0.39 is 11.4 Å². The van der Waals surface area contributed by atoms with E-state index in [2.05, 4.69) is 4.90 Å². The largest absolute Gasteiger partial charge is 0.444 e. The summed E-state index contributed by atoms with van der Waals surface area (Å²) < 4.78 is 25.3. The van der Waals surface area contributed by atoms with Crippen LogP contribution in [0.4, 0.5) is 9.18 Å². The van der Waals surface area contributed by atoms with E-state index in [9.17, 15) is 14.4 Å². The molecule has 1 unspecified atom stereocenters. The van der Waals surface area contributed by atoms with Crippen LogP contribution < -0.4 is 0 Å². The first kappa shape index (κ1) is 19.6. The number of rotatable bonds is 1. The lowest BCUT2D eigenvalue weighted by molar-refractivity contribution is -0.0908. The highest BCUT2D eigenvalue weighted by Crippen LogP contribution is 2.31. The first-order valence-electron chi connectivity index (χ1n) is 9.22. The molecule has 0 N–H and O–H groups in total. The van der Waals surface area contributed by atoms with Gasteiger partial charge in [-0.2, -0.15) is 5.26 Å². The van der Waals surface area contributed by atoms with E-state index in [0.717, 1.165) is 12.1 Å². The lowest BCUT2D eigenvalue weighted by Gasteiger charge is -2.46. The molecule has 1 aromatic rings. The van der Waals surface area contributed by atoms with Crippen molar-refractivity contribution in [3.8, 4) is 6.07 Å². The Morgan fingerprint density at radius 2 is 2.07 bits per heavy atom. The zero-order chi connectivity index (χ0) is 19.8. The number of hydrogen-bond donors (Lipinski definition) is 0. The summed E-state index contributed by atoms with van der Waals surface area (Å²) in [6.07, 6.45) is -0.501. The highest BCUT2D eigenvalue weighted by molar-refractivity contribution is 5.68. The number of carbonyl (C=O) groups excluding carboxylic acids is 1. The number of hydrogen-bond acceptors (Lipinski definition) is 5. The average molecular weight is 375 g/mol. The van der Waals surface area contributed by atoms with Crippen molar-refractivity contribution >= 4 is 6.09 Å². The molecule has 7 heteroatoms. The highest BCUT2D eigenvalue weighted by atomic mass is 19.1. The summed E-state index contributed by atoms with van der Waals surface area (Å²) in [5.74, 6) is -0.501. The third-order valence-electron chi connectivity index (χ3n) is 5.06. The fourth-order valence-corrected chi connectivity index (χ4v) is 3.65. The van der Waals surface area contributed by atoms with Gasteiger partial charge in [0.1, 0.15) is 17.5 Å². The summed E-state index contributed by atoms with van der Waals surface area (Å²) in [7, 11) is 0. The van der Waals surface area contributed by atoms with Gasteiger partial charge >= 0.3 is 6.09 Å². The van der Waals surface area contributed by atoms with Gasteiger partial charge in [-0.1, -0.05) is 6.07 Å². The smallest absolute Gasteiger partial charge is 0.410 e. The zero-order valence-corrected chi connectivity index (χ0v) is 16.3. The van der Waals surface area contributed by atoms with E-state index in [0.29, 0.717) is 31.8 Å². The molecule has 0 bridgehead atoms. The average Bonchev–Trinajstić information content (AvgIpc) is 2.60. The number of halogens is 1. The van der Waals surface area contributed by atoms with E-state index in [4.69, 9.17) is 9.47 Å². The molecule has 2 saturated heterocycles. The molecule has 2 atom stereocenters. The summed E-state index contributed by atoms with van der Waals surface area (Å²) in [6, 6.07) is 5.08. The van der Waals surface area contributed by atoms with Crippen LogP contribution >= 0.6 is 0 Å². The molecule has 0 saturated carbocycles. The van der Waals surface area contributed by atoms with Gasteiger partial charge in [0.05, 0.1) is 24.3 Å². The summed E-state index contributed by atoms with van der Waals surface area (Å²) in [5.41, 5.74) is 1.04. The lowest BCUT2D eigenvalue weighted by Crippen LogP contribution is -2.60. The van der Waals surface area contributed by atoms with Gasteiger partial charge in [0, 0.05) is 26.2 Å². The Hall–Kier alpha value is -2.17. The molecule has 0 spiro atoms. The van der Waals surface area contributed by atoms with Gasteiger partial charge < -0.3 is 14.4 Å². The maximum Gasteiger partial charge on any atom is 0.410 e. The number of amides is 1. The standard InChI is InChI=1S/C20H26FN3O3/c1-13-15(5-6-17(21)16(13)9-22)18-11-23-7-8-24(10-14(23)12-26-18)19(25)27-20(2,3)4/h5-6,14,18H,7-8,10-12H2,1-4H3/t14-,18?/m0/s1. The van der Waals surface area contributed by atoms with Crippen molar-refractivity contribution in [1.82, 2.24) is 9.80 Å². The molecular formula is C20H26FN3O3. The minimum Gasteiger partial charge on any atom is -0.444 e. The molecule has 1 amide bonds. The van der Waals surface area contributed by atoms with Crippen LogP contribution in [0.2, 0.25) is 0 Å². The van der Waals surface area contributed by atoms with Crippen molar-refractivity contribution < 1.29 is 18.7 Å². The summed E-state index contributed by atoms with van der Waals surface area (Å²) in [6.45, 7) is 10.4. The van der Waals surface area contributed by atoms with Crippen molar-refractivity contribution in [3.63, 3.8) is 0 Å². The second-order valence-electron chi connectivity index (χ2n) is 8.15. The van der Waals surface area contributed by atoms with Gasteiger partial charge in [-0.25, -0.2) is 9.18 Å². The molecule has 0 aliphatic carbocycles. The zero-order valence-electron chi connectivity index (χ0n) is 16.3. The van der Waals surface area contributed by atoms with Crippen molar-refractivity contribution in [2.75, 3.05) is 32.8 Å². The van der Waals surface area contributed by atoms with Gasteiger partial charge in [0.15, 0.2) is 0 Å². The van der Waals surface area contributed by atoms with E-state index in [1.807, 2.05) is 26.8 Å². The molecule has 0 radical (unpaired) electrons. The number of carbonyl (C=O) groups is 1. The van der Waals surface area contributed by atoms with Crippen LogP contribution in [0.15, 0.2) is 12.1 Å². The Morgan fingerprint density at radius 3 is 2.74 bits per heavy atom. The minimum absolute atomic E-state index is 0.0768. The Morgan fingerprint density at radius 1 is 1.33 bits per heavy atom. The van der Waals surface area contributed by atoms with Crippen LogP contribution in [-0.2, 0) is 9.47 Å². The second kappa shape index (κ2) is 7.45. The number of fused-ring (bicyclic) bond motifs is 1. The predicted octanol–water partition coefficient (Wildman–Crippen LogP) is 3.00. The third kappa shape index (κ3) is 4.23. The van der Waals surface area contributed by atoms with E-state index >= 15 is 0 Å². The van der Waals surface area contributed by atoms with Crippen LogP contribution in [0.3, 0.4) is 0 Å². The molecule has 2 aliphatic heterocycles. The van der Waals surface area contributed by atoms with Crippen molar-refractivity contribution in [1.29, 1.82) is 5.26 Å². The van der Waals surface area contributed by atoms with Gasteiger partial charge in [-0.15, -0.1) is 0 Å². The molecule has 146 valence electrons. The molecule has 6 nitrogen and oxygen atoms in total. The van der Waals surface area contributed by atoms with Crippen molar-refractivity contribution in [3.05, 3.63) is 34.6 Å². The highest BCUT2D eigenvalue weighted by Gasteiger charge is 2.37. The van der Waals surface area contributed by atoms with Gasteiger partial charge in [0.2, 0.25) is 0 Å². The normalized spacial score (nSPS) is 23.5. The summed E-state index contributed by atoms with van der Waals surface area (Å²) in [5, 5.41) is 9.18. The molecule has 0 aromatic heterocycles. The SMILES string of the molecule is Cc1c(C2CN3CCN(C(=O)OC(C)(C)C)C[C@H]3CO2)ccc(F)c1C#N. The van der Waals surface area contributed by atoms with Gasteiger partial charge in [0.25, 0.3) is 0 Å². The fraction of sp³-hybridized carbons (Fsp3) is 0.600. The molecule has 27 heavy (non-hydrogen) atoms. The van der Waals surface area contributed by atoms with Gasteiger partial charge in [-0.05, 0) is 44.9 Å². The quantitative estimate of drug-likeness (QED) is 0.755. The first-order chi connectivity index (χ1) is 12.7. The summed E-state index contributed by atoms with van der Waals surface area (Å²) >= 11 is 0. The number of ether oxygens (including phenoxy) is 2. The van der Waals surface area contributed by atoms with Crippen molar-refractivity contribution in [2.24, 2.45) is 0 Å². The predicted molar refractivity (Wildman–Crippen MR) is 97.7 cm³/mol. The van der Waals surface area contributed by atoms with Gasteiger partial charge in [-0.3, -0.25) is 4.90 Å². The summed E-state index contributed by atoms with van der Waals surface area (Å²) in [4.78, 5) is 16.3. The number of nitriles is 1. The molecule has 2 fully saturated rings. The topological polar surface area (TPSA) is 65.8 Å². The lowest BCUT2D eigenvalue weighted by atomic mass is 9.96. The third-order valence-corrected chi connectivity index (χ3v) is 5.06. The maximum absolute atomic E-state index is 13.8. The van der Waals surface area contributed by atoms with E-state index in [1.54, 1.807) is 17.9 Å². The molecular weight excluding hydrogens is 349 g/mol. The van der Waals surface area contributed by atoms with Crippen molar-refractivity contribution in [2.45, 2.75) is 45.4 Å². The van der Waals surface area contributed by atoms with Crippen LogP contribution in [0, 0.1) is 24.1 Å². The molecule has 1 aromatic carbocycles. The van der Waals surface area contributed by atoms with Crippen LogP contribution in [0.5, 0.6) is 0 Å². The Labute approximate surface area is 159 Å². The van der Waals surface area contributed by atoms with Crippen LogP contribution in [0.25, 0.3) is 0 Å². The fourth-order valence-electron chi connectivity index (χ4n) is 3.65. The number of morpholine rings is 1. The molecule has 2 heterocycles. The minimum atomic E-state index is -0.513. The first-order valence-corrected chi connectivity index (χ1v) is 9.22. The number of benzene rings is 1. The number of nitrogens with zero attached hydrogens (tertiary/aromatic N) is 3. The van der Waals surface area contributed by atoms with E-state index in [-0.39, 0.29) is 23.8 Å². The second-order valence-corrected chi connectivity index (χ2v) is 8.15. The van der Waals surface area contributed by atoms with Crippen LogP contribution in [0.1, 0.15) is 43.6 Å². The Bertz CT molecular complexity index is 769. The molecule has 3 rings (SSSR count). The number of piperazine rings is 1. The Kier molecular flexibility index (Phi) is 5.41. The van der Waals surface area contributed by atoms with Crippen LogP contribution in [-0.4, -0.2) is 60.3 Å².